The molecule has 17 heavy (non-hydrogen) atoms. The van der Waals surface area contributed by atoms with Gasteiger partial charge in [-0.05, 0) is 13.0 Å². The molecule has 0 spiro atoms. The lowest BCUT2D eigenvalue weighted by Crippen LogP contribution is -2.59. The Hall–Kier alpha value is 0.531. The van der Waals surface area contributed by atoms with Crippen LogP contribution < -0.4 is 0 Å². The van der Waals surface area contributed by atoms with Crippen LogP contribution >= 0.6 is 0 Å². The summed E-state index contributed by atoms with van der Waals surface area (Å²) in [5.74, 6) is 0. The number of rotatable bonds is 6. The molecule has 0 bridgehead atoms. The summed E-state index contributed by atoms with van der Waals surface area (Å²) in [6, 6.07) is 0. The van der Waals surface area contributed by atoms with Crippen LogP contribution in [0.25, 0.3) is 0 Å². The molecule has 0 rings (SSSR count). The van der Waals surface area contributed by atoms with Gasteiger partial charge >= 0.3 is 10.0 Å². The summed E-state index contributed by atoms with van der Waals surface area (Å²) in [5.41, 5.74) is 0. The zero-order valence-corrected chi connectivity index (χ0v) is 16.8. The molecule has 0 aliphatic rings. The lowest BCUT2D eigenvalue weighted by molar-refractivity contribution is 0.309. The average Bonchev–Trinajstić information content (AvgIpc) is 2.13. The highest BCUT2D eigenvalue weighted by molar-refractivity contribution is 6.89. The zero-order valence-electron chi connectivity index (χ0n) is 13.4. The fourth-order valence-electron chi connectivity index (χ4n) is 2.02. The SMILES string of the molecule is CCCN([Si](C)(C)C)[Si](C)(C)C.CO[SiH2]OC. The van der Waals surface area contributed by atoms with E-state index in [1.54, 1.807) is 14.2 Å². The van der Waals surface area contributed by atoms with Gasteiger partial charge in [-0.1, -0.05) is 46.2 Å². The van der Waals surface area contributed by atoms with Crippen LogP contribution in [-0.2, 0) is 8.85 Å². The maximum Gasteiger partial charge on any atom is 0.303 e. The van der Waals surface area contributed by atoms with Gasteiger partial charge in [0.15, 0.2) is 0 Å². The van der Waals surface area contributed by atoms with Crippen molar-refractivity contribution < 1.29 is 8.85 Å². The van der Waals surface area contributed by atoms with Gasteiger partial charge in [0.25, 0.3) is 0 Å². The fraction of sp³-hybridized carbons (Fsp3) is 1.00. The summed E-state index contributed by atoms with van der Waals surface area (Å²) in [4.78, 5) is 0. The van der Waals surface area contributed by atoms with Crippen LogP contribution in [0, 0.1) is 0 Å². The minimum Gasteiger partial charge on any atom is -0.402 e. The monoisotopic (exact) mass is 295 g/mol. The molecule has 6 heteroatoms. The smallest absolute Gasteiger partial charge is 0.303 e. The van der Waals surface area contributed by atoms with Crippen molar-refractivity contribution in [2.75, 3.05) is 20.8 Å². The average molecular weight is 296 g/mol. The van der Waals surface area contributed by atoms with E-state index in [0.29, 0.717) is 0 Å². The largest absolute Gasteiger partial charge is 0.402 e. The Morgan fingerprint density at radius 2 is 1.24 bits per heavy atom. The molecule has 0 atom stereocenters. The van der Waals surface area contributed by atoms with Crippen LogP contribution in [-0.4, -0.2) is 51.5 Å². The third kappa shape index (κ3) is 11.4. The first-order valence-corrected chi connectivity index (χ1v) is 14.4. The van der Waals surface area contributed by atoms with Crippen LogP contribution in [0.5, 0.6) is 0 Å². The van der Waals surface area contributed by atoms with Gasteiger partial charge in [-0.15, -0.1) is 0 Å². The Morgan fingerprint density at radius 1 is 0.882 bits per heavy atom. The highest BCUT2D eigenvalue weighted by atomic mass is 28.4. The molecular weight excluding hydrogens is 262 g/mol. The van der Waals surface area contributed by atoms with Crippen molar-refractivity contribution in [2.24, 2.45) is 0 Å². The minimum absolute atomic E-state index is 0.568. The van der Waals surface area contributed by atoms with Crippen molar-refractivity contribution in [3.05, 3.63) is 0 Å². The van der Waals surface area contributed by atoms with E-state index in [0.717, 1.165) is 0 Å². The number of hydrogen-bond acceptors (Lipinski definition) is 3. The molecule has 0 aromatic rings. The molecule has 0 unspecified atom stereocenters. The van der Waals surface area contributed by atoms with Gasteiger partial charge in [0.1, 0.15) is 16.5 Å². The number of hydrogen-bond donors (Lipinski definition) is 0. The second kappa shape index (κ2) is 9.46. The molecule has 0 aromatic carbocycles. The second-order valence-corrected chi connectivity index (χ2v) is 17.8. The van der Waals surface area contributed by atoms with Crippen molar-refractivity contribution in [1.29, 1.82) is 0 Å². The van der Waals surface area contributed by atoms with Crippen molar-refractivity contribution in [1.82, 2.24) is 4.23 Å². The molecular formula is C11H33NO2Si3. The maximum atomic E-state index is 4.61. The van der Waals surface area contributed by atoms with Gasteiger partial charge in [-0.2, -0.15) is 0 Å². The lowest BCUT2D eigenvalue weighted by atomic mass is 10.5. The topological polar surface area (TPSA) is 21.7 Å². The van der Waals surface area contributed by atoms with Crippen molar-refractivity contribution in [3.8, 4) is 0 Å². The molecule has 0 aliphatic carbocycles. The highest BCUT2D eigenvalue weighted by Gasteiger charge is 2.33. The lowest BCUT2D eigenvalue weighted by Gasteiger charge is -2.43. The van der Waals surface area contributed by atoms with Crippen molar-refractivity contribution >= 4 is 26.5 Å². The Balaban J connectivity index is 0. The summed E-state index contributed by atoms with van der Waals surface area (Å²) in [6.07, 6.45) is 1.30. The zero-order chi connectivity index (χ0) is 14.1. The Kier molecular flexibility index (Phi) is 11.1. The van der Waals surface area contributed by atoms with Gasteiger partial charge in [0.2, 0.25) is 0 Å². The summed E-state index contributed by atoms with van der Waals surface area (Å²) in [7, 11) is 0.633. The summed E-state index contributed by atoms with van der Waals surface area (Å²) in [5, 5.41) is 0. The highest BCUT2D eigenvalue weighted by Crippen LogP contribution is 2.19. The van der Waals surface area contributed by atoms with Gasteiger partial charge in [-0.3, -0.25) is 0 Å². The summed E-state index contributed by atoms with van der Waals surface area (Å²) < 4.78 is 12.0. The van der Waals surface area contributed by atoms with Crippen LogP contribution in [0.1, 0.15) is 13.3 Å². The first kappa shape index (κ1) is 19.9. The molecule has 0 heterocycles. The van der Waals surface area contributed by atoms with Crippen LogP contribution in [0.3, 0.4) is 0 Å². The van der Waals surface area contributed by atoms with Gasteiger partial charge in [-0.25, -0.2) is 0 Å². The molecule has 0 fully saturated rings. The van der Waals surface area contributed by atoms with Crippen LogP contribution in [0.15, 0.2) is 0 Å². The first-order chi connectivity index (χ1) is 7.61. The quantitative estimate of drug-likeness (QED) is 0.703. The Labute approximate surface area is 113 Å². The molecule has 0 aliphatic heterocycles. The predicted octanol–water partition coefficient (Wildman–Crippen LogP) is 2.65. The molecule has 0 N–H and O–H groups in total. The van der Waals surface area contributed by atoms with Crippen molar-refractivity contribution in [3.63, 3.8) is 0 Å². The Bertz CT molecular complexity index is 163. The predicted molar refractivity (Wildman–Crippen MR) is 86.3 cm³/mol. The molecule has 0 saturated heterocycles. The first-order valence-electron chi connectivity index (χ1n) is 6.36. The standard InChI is InChI=1S/C9H25NSi2.C2H8O2Si/c1-8-9-10(11(2,3)4)12(5,6)7;1-3-5-4-2/h8-9H2,1-7H3;5H2,1-2H3. The summed E-state index contributed by atoms with van der Waals surface area (Å²) >= 11 is 0. The van der Waals surface area contributed by atoms with Crippen LogP contribution in [0.4, 0.5) is 0 Å². The van der Waals surface area contributed by atoms with E-state index in [-0.39, 0.29) is 0 Å². The van der Waals surface area contributed by atoms with E-state index in [1.165, 1.54) is 13.0 Å². The van der Waals surface area contributed by atoms with E-state index < -0.39 is 26.5 Å². The van der Waals surface area contributed by atoms with Gasteiger partial charge in [0, 0.05) is 14.2 Å². The number of nitrogens with zero attached hydrogens (tertiary/aromatic N) is 1. The van der Waals surface area contributed by atoms with E-state index >= 15 is 0 Å². The van der Waals surface area contributed by atoms with Gasteiger partial charge in [0.05, 0.1) is 0 Å². The third-order valence-electron chi connectivity index (χ3n) is 2.30. The third-order valence-corrected chi connectivity index (χ3v) is 10.5. The summed E-state index contributed by atoms with van der Waals surface area (Å²) in [6.45, 7) is 18.4. The van der Waals surface area contributed by atoms with Crippen molar-refractivity contribution in [2.45, 2.75) is 52.6 Å². The van der Waals surface area contributed by atoms with E-state index in [9.17, 15) is 0 Å². The van der Waals surface area contributed by atoms with E-state index in [1.807, 2.05) is 0 Å². The molecule has 0 aromatic heterocycles. The molecule has 106 valence electrons. The fourth-order valence-corrected chi connectivity index (χ4v) is 12.1. The normalized spacial score (nSPS) is 12.4. The second-order valence-electron chi connectivity index (χ2n) is 6.19. The minimum atomic E-state index is -1.05. The van der Waals surface area contributed by atoms with Crippen LogP contribution in [0.2, 0.25) is 39.3 Å². The Morgan fingerprint density at radius 3 is 1.29 bits per heavy atom. The maximum absolute atomic E-state index is 4.61. The van der Waals surface area contributed by atoms with E-state index in [4.69, 9.17) is 0 Å². The molecule has 0 saturated carbocycles. The van der Waals surface area contributed by atoms with E-state index in [2.05, 4.69) is 59.3 Å². The van der Waals surface area contributed by atoms with Gasteiger partial charge < -0.3 is 13.1 Å². The molecule has 0 amide bonds. The molecule has 3 nitrogen and oxygen atoms in total. The molecule has 0 radical (unpaired) electrons.